The van der Waals surface area contributed by atoms with Gasteiger partial charge in [-0.15, -0.1) is 11.3 Å². The molecule has 1 aromatic carbocycles. The van der Waals surface area contributed by atoms with Gasteiger partial charge < -0.3 is 16.2 Å². The maximum absolute atomic E-state index is 11.3. The summed E-state index contributed by atoms with van der Waals surface area (Å²) < 4.78 is 0. The summed E-state index contributed by atoms with van der Waals surface area (Å²) in [7, 11) is 0. The summed E-state index contributed by atoms with van der Waals surface area (Å²) in [5.41, 5.74) is 8.27. The van der Waals surface area contributed by atoms with Gasteiger partial charge in [-0.2, -0.15) is 0 Å². The van der Waals surface area contributed by atoms with E-state index < -0.39 is 5.97 Å². The van der Waals surface area contributed by atoms with Crippen molar-refractivity contribution < 1.29 is 9.90 Å². The summed E-state index contributed by atoms with van der Waals surface area (Å²) >= 11 is 1.43. The number of benzene rings is 1. The maximum atomic E-state index is 11.3. The molecule has 0 aliphatic heterocycles. The number of rotatable bonds is 3. The minimum absolute atomic E-state index is 0.320. The molecule has 5 heteroatoms. The fourth-order valence-electron chi connectivity index (χ4n) is 1.71. The molecule has 0 aliphatic rings. The standard InChI is InChI=1S/C13H14N2O2S/c1-7-8(2)18-12(11(7)13(16)17)15-10-6-4-3-5-9(10)14/h3-6,15H,14H2,1-2H3,(H,16,17). The SMILES string of the molecule is Cc1sc(Nc2ccccc2N)c(C(=O)O)c1C. The van der Waals surface area contributed by atoms with Crippen LogP contribution in [-0.4, -0.2) is 11.1 Å². The molecule has 1 aromatic heterocycles. The van der Waals surface area contributed by atoms with Gasteiger partial charge in [-0.25, -0.2) is 4.79 Å². The van der Waals surface area contributed by atoms with Crippen LogP contribution in [0.5, 0.6) is 0 Å². The van der Waals surface area contributed by atoms with Crippen molar-refractivity contribution in [3.8, 4) is 0 Å². The lowest BCUT2D eigenvalue weighted by molar-refractivity contribution is 0.0697. The second-order valence-corrected chi connectivity index (χ2v) is 5.23. The van der Waals surface area contributed by atoms with Crippen LogP contribution in [-0.2, 0) is 0 Å². The Labute approximate surface area is 109 Å². The van der Waals surface area contributed by atoms with Crippen molar-refractivity contribution in [2.45, 2.75) is 13.8 Å². The molecule has 0 bridgehead atoms. The minimum atomic E-state index is -0.922. The van der Waals surface area contributed by atoms with E-state index in [1.54, 1.807) is 6.07 Å². The Morgan fingerprint density at radius 3 is 2.61 bits per heavy atom. The van der Waals surface area contributed by atoms with Crippen molar-refractivity contribution in [3.63, 3.8) is 0 Å². The first kappa shape index (κ1) is 12.4. The molecule has 0 saturated carbocycles. The van der Waals surface area contributed by atoms with Crippen molar-refractivity contribution in [2.24, 2.45) is 0 Å². The number of aromatic carboxylic acids is 1. The van der Waals surface area contributed by atoms with Crippen LogP contribution >= 0.6 is 11.3 Å². The van der Waals surface area contributed by atoms with E-state index in [2.05, 4.69) is 5.32 Å². The fourth-order valence-corrected chi connectivity index (χ4v) is 2.77. The van der Waals surface area contributed by atoms with Gasteiger partial charge in [0.25, 0.3) is 0 Å². The summed E-state index contributed by atoms with van der Waals surface area (Å²) in [6.45, 7) is 3.72. The Morgan fingerprint density at radius 2 is 2.00 bits per heavy atom. The number of carboxylic acids is 1. The van der Waals surface area contributed by atoms with Crippen LogP contribution in [0.25, 0.3) is 0 Å². The molecule has 0 spiro atoms. The Morgan fingerprint density at radius 1 is 1.33 bits per heavy atom. The third-order valence-electron chi connectivity index (χ3n) is 2.81. The molecule has 0 amide bonds. The largest absolute Gasteiger partial charge is 0.478 e. The molecule has 1 heterocycles. The predicted octanol–water partition coefficient (Wildman–Crippen LogP) is 3.39. The van der Waals surface area contributed by atoms with Gasteiger partial charge in [-0.05, 0) is 31.5 Å². The highest BCUT2D eigenvalue weighted by Gasteiger charge is 2.19. The van der Waals surface area contributed by atoms with Gasteiger partial charge in [0.2, 0.25) is 0 Å². The van der Waals surface area contributed by atoms with E-state index in [0.717, 1.165) is 16.1 Å². The number of carbonyl (C=O) groups is 1. The number of para-hydroxylation sites is 2. The van der Waals surface area contributed by atoms with Crippen LogP contribution in [0.3, 0.4) is 0 Å². The van der Waals surface area contributed by atoms with Gasteiger partial charge in [-0.3, -0.25) is 0 Å². The van der Waals surface area contributed by atoms with E-state index in [4.69, 9.17) is 5.73 Å². The van der Waals surface area contributed by atoms with Crippen LogP contribution in [0, 0.1) is 13.8 Å². The number of nitrogen functional groups attached to an aromatic ring is 1. The predicted molar refractivity (Wildman–Crippen MR) is 74.9 cm³/mol. The Bertz CT molecular complexity index is 605. The number of aryl methyl sites for hydroxylation is 1. The number of nitrogens with two attached hydrogens (primary N) is 1. The first-order valence-corrected chi connectivity index (χ1v) is 6.27. The number of anilines is 3. The van der Waals surface area contributed by atoms with E-state index in [0.29, 0.717) is 16.3 Å². The van der Waals surface area contributed by atoms with Crippen molar-refractivity contribution >= 4 is 33.7 Å². The normalized spacial score (nSPS) is 10.3. The summed E-state index contributed by atoms with van der Waals surface area (Å²) in [4.78, 5) is 12.3. The van der Waals surface area contributed by atoms with Crippen LogP contribution < -0.4 is 11.1 Å². The van der Waals surface area contributed by atoms with Crippen molar-refractivity contribution in [3.05, 3.63) is 40.3 Å². The number of hydrogen-bond acceptors (Lipinski definition) is 4. The average molecular weight is 262 g/mol. The molecule has 0 aliphatic carbocycles. The summed E-state index contributed by atoms with van der Waals surface area (Å²) in [5, 5.41) is 13.0. The van der Waals surface area contributed by atoms with E-state index in [1.807, 2.05) is 32.0 Å². The van der Waals surface area contributed by atoms with Crippen LogP contribution in [0.4, 0.5) is 16.4 Å². The van der Waals surface area contributed by atoms with Crippen LogP contribution in [0.2, 0.25) is 0 Å². The summed E-state index contributed by atoms with van der Waals surface area (Å²) in [6, 6.07) is 7.29. The summed E-state index contributed by atoms with van der Waals surface area (Å²) in [5.74, 6) is -0.922. The zero-order valence-corrected chi connectivity index (χ0v) is 11.0. The molecular weight excluding hydrogens is 248 g/mol. The molecule has 4 nitrogen and oxygen atoms in total. The lowest BCUT2D eigenvalue weighted by atomic mass is 10.1. The molecule has 2 rings (SSSR count). The van der Waals surface area contributed by atoms with Gasteiger partial charge in [0.05, 0.1) is 16.9 Å². The van der Waals surface area contributed by atoms with Gasteiger partial charge in [-0.1, -0.05) is 12.1 Å². The maximum Gasteiger partial charge on any atom is 0.338 e. The van der Waals surface area contributed by atoms with Gasteiger partial charge in [0, 0.05) is 4.88 Å². The molecule has 0 atom stereocenters. The molecule has 0 unspecified atom stereocenters. The molecule has 94 valence electrons. The molecule has 18 heavy (non-hydrogen) atoms. The Hall–Kier alpha value is -2.01. The quantitative estimate of drug-likeness (QED) is 0.741. The zero-order valence-electron chi connectivity index (χ0n) is 10.2. The first-order chi connectivity index (χ1) is 8.50. The Balaban J connectivity index is 2.44. The minimum Gasteiger partial charge on any atom is -0.478 e. The Kier molecular flexibility index (Phi) is 3.25. The number of hydrogen-bond donors (Lipinski definition) is 3. The van der Waals surface area contributed by atoms with E-state index in [1.165, 1.54) is 11.3 Å². The van der Waals surface area contributed by atoms with Crippen molar-refractivity contribution in [1.29, 1.82) is 0 Å². The molecule has 2 aromatic rings. The molecule has 0 radical (unpaired) electrons. The van der Waals surface area contributed by atoms with Crippen molar-refractivity contribution in [1.82, 2.24) is 0 Å². The monoisotopic (exact) mass is 262 g/mol. The van der Waals surface area contributed by atoms with E-state index in [-0.39, 0.29) is 0 Å². The van der Waals surface area contributed by atoms with Crippen molar-refractivity contribution in [2.75, 3.05) is 11.1 Å². The highest BCUT2D eigenvalue weighted by atomic mass is 32.1. The van der Waals surface area contributed by atoms with E-state index >= 15 is 0 Å². The topological polar surface area (TPSA) is 75.3 Å². The summed E-state index contributed by atoms with van der Waals surface area (Å²) in [6.07, 6.45) is 0. The van der Waals surface area contributed by atoms with Gasteiger partial charge >= 0.3 is 5.97 Å². The molecule has 0 fully saturated rings. The number of carboxylic acid groups (broad SMARTS) is 1. The second kappa shape index (κ2) is 4.70. The molecule has 4 N–H and O–H groups in total. The average Bonchev–Trinajstić information content (AvgIpc) is 2.58. The first-order valence-electron chi connectivity index (χ1n) is 5.45. The smallest absolute Gasteiger partial charge is 0.338 e. The third kappa shape index (κ3) is 2.17. The second-order valence-electron chi connectivity index (χ2n) is 4.00. The zero-order chi connectivity index (χ0) is 13.3. The molecule has 0 saturated heterocycles. The fraction of sp³-hybridized carbons (Fsp3) is 0.154. The highest BCUT2D eigenvalue weighted by molar-refractivity contribution is 7.16. The van der Waals surface area contributed by atoms with Gasteiger partial charge in [0.1, 0.15) is 5.00 Å². The molecular formula is C13H14N2O2S. The highest BCUT2D eigenvalue weighted by Crippen LogP contribution is 2.35. The lowest BCUT2D eigenvalue weighted by Gasteiger charge is -2.08. The van der Waals surface area contributed by atoms with E-state index in [9.17, 15) is 9.90 Å². The third-order valence-corrected chi connectivity index (χ3v) is 3.93. The van der Waals surface area contributed by atoms with Gasteiger partial charge in [0.15, 0.2) is 0 Å². The number of nitrogens with one attached hydrogen (secondary N) is 1. The van der Waals surface area contributed by atoms with Crippen LogP contribution in [0.15, 0.2) is 24.3 Å². The number of thiophene rings is 1. The lowest BCUT2D eigenvalue weighted by Crippen LogP contribution is -2.02. The van der Waals surface area contributed by atoms with Crippen LogP contribution in [0.1, 0.15) is 20.8 Å².